The summed E-state index contributed by atoms with van der Waals surface area (Å²) in [5.41, 5.74) is 3.54. The van der Waals surface area contributed by atoms with Crippen LogP contribution in [0.3, 0.4) is 0 Å². The first-order chi connectivity index (χ1) is 14.0. The molecule has 3 rings (SSSR count). The van der Waals surface area contributed by atoms with Crippen LogP contribution in [0.4, 0.5) is 0 Å². The highest BCUT2D eigenvalue weighted by Crippen LogP contribution is 2.17. The van der Waals surface area contributed by atoms with Gasteiger partial charge in [-0.15, -0.1) is 0 Å². The van der Waals surface area contributed by atoms with Crippen molar-refractivity contribution in [1.82, 2.24) is 0 Å². The molecule has 0 radical (unpaired) electrons. The Balaban J connectivity index is 1.48. The van der Waals surface area contributed by atoms with Crippen molar-refractivity contribution >= 4 is 11.9 Å². The van der Waals surface area contributed by atoms with E-state index in [0.29, 0.717) is 17.1 Å². The molecule has 0 atom stereocenters. The minimum atomic E-state index is -0.525. The second-order valence-electron chi connectivity index (χ2n) is 6.59. The lowest BCUT2D eigenvalue weighted by Gasteiger charge is -2.09. The predicted molar refractivity (Wildman–Crippen MR) is 109 cm³/mol. The van der Waals surface area contributed by atoms with Crippen molar-refractivity contribution in [2.75, 3.05) is 6.61 Å². The molecule has 3 aromatic carbocycles. The molecule has 5 heteroatoms. The third-order valence-corrected chi connectivity index (χ3v) is 4.37. The van der Waals surface area contributed by atoms with Crippen LogP contribution in [-0.2, 0) is 16.1 Å². The highest BCUT2D eigenvalue weighted by Gasteiger charge is 2.10. The van der Waals surface area contributed by atoms with Crippen LogP contribution in [0.15, 0.2) is 72.8 Å². The van der Waals surface area contributed by atoms with Crippen LogP contribution in [0.2, 0.25) is 0 Å². The number of hydrogen-bond donors (Lipinski definition) is 0. The van der Waals surface area contributed by atoms with Crippen molar-refractivity contribution in [3.63, 3.8) is 0 Å². The number of aryl methyl sites for hydroxylation is 2. The summed E-state index contributed by atoms with van der Waals surface area (Å²) < 4.78 is 16.0. The maximum Gasteiger partial charge on any atom is 0.349 e. The van der Waals surface area contributed by atoms with Gasteiger partial charge in [0.25, 0.3) is 0 Å². The molecule has 5 nitrogen and oxygen atoms in total. The van der Waals surface area contributed by atoms with E-state index >= 15 is 0 Å². The van der Waals surface area contributed by atoms with Gasteiger partial charge in [-0.3, -0.25) is 0 Å². The third-order valence-electron chi connectivity index (χ3n) is 4.37. The van der Waals surface area contributed by atoms with Crippen LogP contribution >= 0.6 is 0 Å². The second-order valence-corrected chi connectivity index (χ2v) is 6.59. The molecule has 3 aromatic rings. The normalized spacial score (nSPS) is 10.3. The fourth-order valence-corrected chi connectivity index (χ4v) is 2.57. The minimum absolute atomic E-state index is 0.201. The molecule has 0 aromatic heterocycles. The monoisotopic (exact) mass is 390 g/mol. The van der Waals surface area contributed by atoms with Gasteiger partial charge in [-0.2, -0.15) is 0 Å². The molecule has 0 heterocycles. The van der Waals surface area contributed by atoms with E-state index in [4.69, 9.17) is 14.2 Å². The second kappa shape index (κ2) is 9.55. The zero-order valence-electron chi connectivity index (χ0n) is 16.4. The van der Waals surface area contributed by atoms with Crippen molar-refractivity contribution in [3.05, 3.63) is 95.1 Å². The number of rotatable bonds is 7. The average Bonchev–Trinajstić information content (AvgIpc) is 2.74. The standard InChI is InChI=1S/C24H22O5/c1-17-8-11-22(14-18(17)2)27-16-23(25)29-21-12-9-20(10-13-21)24(26)28-15-19-6-4-3-5-7-19/h3-14H,15-16H2,1-2H3. The highest BCUT2D eigenvalue weighted by molar-refractivity contribution is 5.89. The molecular formula is C24H22O5. The van der Waals surface area contributed by atoms with Gasteiger partial charge in [-0.05, 0) is 66.9 Å². The van der Waals surface area contributed by atoms with Gasteiger partial charge in [0, 0.05) is 0 Å². The van der Waals surface area contributed by atoms with Crippen molar-refractivity contribution in [1.29, 1.82) is 0 Å². The van der Waals surface area contributed by atoms with E-state index in [9.17, 15) is 9.59 Å². The smallest absolute Gasteiger partial charge is 0.349 e. The van der Waals surface area contributed by atoms with Crippen LogP contribution in [-0.4, -0.2) is 18.5 Å². The van der Waals surface area contributed by atoms with Crippen molar-refractivity contribution in [3.8, 4) is 11.5 Å². The fraction of sp³-hybridized carbons (Fsp3) is 0.167. The van der Waals surface area contributed by atoms with E-state index in [1.54, 1.807) is 24.3 Å². The molecule has 0 saturated carbocycles. The van der Waals surface area contributed by atoms with E-state index in [1.807, 2.05) is 62.4 Å². The zero-order chi connectivity index (χ0) is 20.6. The maximum atomic E-state index is 12.1. The SMILES string of the molecule is Cc1ccc(OCC(=O)Oc2ccc(C(=O)OCc3ccccc3)cc2)cc1C. The summed E-state index contributed by atoms with van der Waals surface area (Å²) in [6.45, 7) is 3.98. The number of benzene rings is 3. The molecule has 0 unspecified atom stereocenters. The summed E-state index contributed by atoms with van der Waals surface area (Å²) in [5, 5.41) is 0. The van der Waals surface area contributed by atoms with Crippen LogP contribution in [0.5, 0.6) is 11.5 Å². The first-order valence-corrected chi connectivity index (χ1v) is 9.23. The predicted octanol–water partition coefficient (Wildman–Crippen LogP) is 4.64. The minimum Gasteiger partial charge on any atom is -0.482 e. The lowest BCUT2D eigenvalue weighted by atomic mass is 10.1. The van der Waals surface area contributed by atoms with E-state index in [0.717, 1.165) is 16.7 Å². The number of carbonyl (C=O) groups is 2. The maximum absolute atomic E-state index is 12.1. The van der Waals surface area contributed by atoms with Gasteiger partial charge in [0.15, 0.2) is 6.61 Å². The summed E-state index contributed by atoms with van der Waals surface area (Å²) in [7, 11) is 0. The van der Waals surface area contributed by atoms with Crippen LogP contribution in [0.1, 0.15) is 27.0 Å². The molecule has 0 spiro atoms. The molecule has 148 valence electrons. The largest absolute Gasteiger partial charge is 0.482 e. The lowest BCUT2D eigenvalue weighted by molar-refractivity contribution is -0.136. The molecule has 0 aliphatic carbocycles. The number of carbonyl (C=O) groups excluding carboxylic acids is 2. The van der Waals surface area contributed by atoms with Crippen molar-refractivity contribution in [2.45, 2.75) is 20.5 Å². The molecule has 0 N–H and O–H groups in total. The number of esters is 2. The zero-order valence-corrected chi connectivity index (χ0v) is 16.4. The van der Waals surface area contributed by atoms with Crippen LogP contribution in [0.25, 0.3) is 0 Å². The summed E-state index contributed by atoms with van der Waals surface area (Å²) >= 11 is 0. The number of hydrogen-bond acceptors (Lipinski definition) is 5. The topological polar surface area (TPSA) is 61.8 Å². The van der Waals surface area contributed by atoms with Gasteiger partial charge >= 0.3 is 11.9 Å². The Hall–Kier alpha value is -3.60. The van der Waals surface area contributed by atoms with E-state index < -0.39 is 11.9 Å². The van der Waals surface area contributed by atoms with Gasteiger partial charge in [-0.25, -0.2) is 9.59 Å². The Bertz CT molecular complexity index is 978. The van der Waals surface area contributed by atoms with E-state index in [-0.39, 0.29) is 13.2 Å². The molecule has 0 amide bonds. The average molecular weight is 390 g/mol. The van der Waals surface area contributed by atoms with Gasteiger partial charge in [-0.1, -0.05) is 36.4 Å². The molecule has 0 saturated heterocycles. The highest BCUT2D eigenvalue weighted by atomic mass is 16.6. The van der Waals surface area contributed by atoms with Crippen molar-refractivity contribution < 1.29 is 23.8 Å². The molecule has 0 fully saturated rings. The first-order valence-electron chi connectivity index (χ1n) is 9.23. The van der Waals surface area contributed by atoms with Crippen LogP contribution in [0, 0.1) is 13.8 Å². The Kier molecular flexibility index (Phi) is 6.63. The summed E-state index contributed by atoms with van der Waals surface area (Å²) in [6.07, 6.45) is 0. The summed E-state index contributed by atoms with van der Waals surface area (Å²) in [5.74, 6) is -0.0210. The summed E-state index contributed by atoms with van der Waals surface area (Å²) in [4.78, 5) is 24.1. The van der Waals surface area contributed by atoms with Gasteiger partial charge in [0.05, 0.1) is 5.56 Å². The fourth-order valence-electron chi connectivity index (χ4n) is 2.57. The molecule has 0 bridgehead atoms. The number of ether oxygens (including phenoxy) is 3. The Morgan fingerprint density at radius 2 is 1.48 bits per heavy atom. The Labute approximate surface area is 169 Å². The molecule has 0 aliphatic heterocycles. The quantitative estimate of drug-likeness (QED) is 0.434. The molecule has 0 aliphatic rings. The Morgan fingerprint density at radius 3 is 2.17 bits per heavy atom. The summed E-state index contributed by atoms with van der Waals surface area (Å²) in [6, 6.07) is 21.3. The van der Waals surface area contributed by atoms with Gasteiger partial charge < -0.3 is 14.2 Å². The van der Waals surface area contributed by atoms with Gasteiger partial charge in [0.2, 0.25) is 0 Å². The molecule has 29 heavy (non-hydrogen) atoms. The van der Waals surface area contributed by atoms with Crippen molar-refractivity contribution in [2.24, 2.45) is 0 Å². The van der Waals surface area contributed by atoms with Crippen LogP contribution < -0.4 is 9.47 Å². The third kappa shape index (κ3) is 5.94. The van der Waals surface area contributed by atoms with Gasteiger partial charge in [0.1, 0.15) is 18.1 Å². The lowest BCUT2D eigenvalue weighted by Crippen LogP contribution is -2.17. The molecular weight excluding hydrogens is 368 g/mol. The Morgan fingerprint density at radius 1 is 0.793 bits per heavy atom. The van der Waals surface area contributed by atoms with E-state index in [1.165, 1.54) is 0 Å². The first kappa shape index (κ1) is 20.1. The van der Waals surface area contributed by atoms with E-state index in [2.05, 4.69) is 0 Å².